The number of benzene rings is 2. The van der Waals surface area contributed by atoms with E-state index < -0.39 is 28.8 Å². The molecule has 2 aromatic carbocycles. The first-order valence-electron chi connectivity index (χ1n) is 12.5. The molecule has 2 aromatic heterocycles. The minimum Gasteiger partial charge on any atom is -0.493 e. The lowest BCUT2D eigenvalue weighted by atomic mass is 10.1. The lowest BCUT2D eigenvalue weighted by Gasteiger charge is -2.16. The lowest BCUT2D eigenvalue weighted by molar-refractivity contribution is -0.189. The molecule has 224 valence electrons. The molecule has 0 amide bonds. The van der Waals surface area contributed by atoms with Crippen LogP contribution in [0.2, 0.25) is 0 Å². The molecular weight excluding hydrogens is 565 g/mol. The van der Waals surface area contributed by atoms with Gasteiger partial charge in [0.1, 0.15) is 12.0 Å². The molecule has 4 aromatic rings. The summed E-state index contributed by atoms with van der Waals surface area (Å²) in [6.07, 6.45) is -5.34. The number of nitrogens with zero attached hydrogens (tertiary/aromatic N) is 3. The molecule has 13 nitrogen and oxygen atoms in total. The van der Waals surface area contributed by atoms with Crippen molar-refractivity contribution in [3.05, 3.63) is 40.3 Å². The van der Waals surface area contributed by atoms with Crippen molar-refractivity contribution in [2.24, 2.45) is 0 Å². The van der Waals surface area contributed by atoms with Crippen LogP contribution in [0.5, 0.6) is 23.0 Å². The van der Waals surface area contributed by atoms with E-state index in [2.05, 4.69) is 35.3 Å². The Morgan fingerprint density at radius 2 is 1.79 bits per heavy atom. The molecule has 0 saturated heterocycles. The van der Waals surface area contributed by atoms with Gasteiger partial charge in [-0.2, -0.15) is 13.2 Å². The van der Waals surface area contributed by atoms with Gasteiger partial charge in [-0.3, -0.25) is 15.1 Å². The summed E-state index contributed by atoms with van der Waals surface area (Å²) in [4.78, 5) is 40.3. The largest absolute Gasteiger partial charge is 0.493 e. The fourth-order valence-corrected chi connectivity index (χ4v) is 3.91. The maximum absolute atomic E-state index is 13.1. The van der Waals surface area contributed by atoms with E-state index in [1.54, 1.807) is 26.0 Å². The van der Waals surface area contributed by atoms with Crippen molar-refractivity contribution in [1.29, 1.82) is 0 Å². The Balaban J connectivity index is 1.71. The summed E-state index contributed by atoms with van der Waals surface area (Å²) in [5.41, 5.74) is 0.0396. The van der Waals surface area contributed by atoms with Crippen LogP contribution in [0.3, 0.4) is 0 Å². The average Bonchev–Trinajstić information content (AvgIpc) is 2.94. The number of aliphatic hydroxyl groups is 1. The number of halogens is 3. The van der Waals surface area contributed by atoms with Crippen LogP contribution < -0.4 is 35.1 Å². The molecule has 0 saturated carbocycles. The highest BCUT2D eigenvalue weighted by Crippen LogP contribution is 2.36. The summed E-state index contributed by atoms with van der Waals surface area (Å²) in [6.45, 7) is 3.43. The molecule has 42 heavy (non-hydrogen) atoms. The molecule has 0 aliphatic rings. The summed E-state index contributed by atoms with van der Waals surface area (Å²) in [7, 11) is 2.98. The van der Waals surface area contributed by atoms with E-state index in [9.17, 15) is 22.8 Å². The molecule has 1 atom stereocenters. The Labute approximate surface area is 236 Å². The molecule has 0 radical (unpaired) electrons. The van der Waals surface area contributed by atoms with Crippen molar-refractivity contribution < 1.29 is 42.0 Å². The van der Waals surface area contributed by atoms with Gasteiger partial charge in [-0.15, -0.1) is 0 Å². The fraction of sp³-hybridized carbons (Fsp3) is 0.346. The summed E-state index contributed by atoms with van der Waals surface area (Å²) < 4.78 is 59.9. The van der Waals surface area contributed by atoms with E-state index in [4.69, 9.17) is 19.3 Å². The number of H-pyrrole nitrogens is 1. The normalized spacial score (nSPS) is 12.3. The highest BCUT2D eigenvalue weighted by atomic mass is 19.4. The second-order valence-electron chi connectivity index (χ2n) is 8.96. The van der Waals surface area contributed by atoms with E-state index in [-0.39, 0.29) is 49.0 Å². The number of esters is 1. The number of alkyl halides is 3. The Morgan fingerprint density at radius 3 is 2.45 bits per heavy atom. The first-order valence-corrected chi connectivity index (χ1v) is 12.5. The predicted octanol–water partition coefficient (Wildman–Crippen LogP) is 2.75. The number of nitrogens with one attached hydrogen (secondary N) is 3. The number of hydrogen-bond donors (Lipinski definition) is 4. The van der Waals surface area contributed by atoms with Crippen LogP contribution in [-0.4, -0.2) is 77.2 Å². The molecule has 16 heteroatoms. The zero-order valence-corrected chi connectivity index (χ0v) is 22.9. The quantitative estimate of drug-likeness (QED) is 0.114. The number of aromatic nitrogens is 4. The Kier molecular flexibility index (Phi) is 8.96. The minimum absolute atomic E-state index is 0.0583. The molecule has 0 aliphatic carbocycles. The van der Waals surface area contributed by atoms with Gasteiger partial charge in [0.2, 0.25) is 11.9 Å². The maximum Gasteiger partial charge on any atom is 0.491 e. The molecule has 0 aliphatic heterocycles. The van der Waals surface area contributed by atoms with Gasteiger partial charge in [0.05, 0.1) is 37.6 Å². The van der Waals surface area contributed by atoms with Gasteiger partial charge < -0.3 is 29.4 Å². The second-order valence-corrected chi connectivity index (χ2v) is 8.96. The van der Waals surface area contributed by atoms with Gasteiger partial charge in [-0.05, 0) is 32.0 Å². The topological polar surface area (TPSA) is 170 Å². The molecule has 0 bridgehead atoms. The first-order chi connectivity index (χ1) is 19.9. The first kappa shape index (κ1) is 30.3. The fourth-order valence-electron chi connectivity index (χ4n) is 3.91. The monoisotopic (exact) mass is 592 g/mol. The van der Waals surface area contributed by atoms with Crippen molar-refractivity contribution in [3.63, 3.8) is 0 Å². The van der Waals surface area contributed by atoms with Crippen LogP contribution in [0.1, 0.15) is 12.6 Å². The summed E-state index contributed by atoms with van der Waals surface area (Å²) >= 11 is 0. The predicted molar refractivity (Wildman–Crippen MR) is 145 cm³/mol. The number of aromatic amines is 1. The standard InChI is InChI=1S/C26H27F3N6O7/c1-12(11-36)30-7-8-41-17-6-5-15-20(21(17)42-23(38)26(27,28)29)22(37)34-25(32-15)35-24-31-13(2)14-9-18(39-3)19(40-4)10-16(14)33-24/h5-6,9-10,12,30,36H,7-8,11H2,1-4H3,(H2,31,32,33,34,35,37). The van der Waals surface area contributed by atoms with E-state index in [0.29, 0.717) is 28.1 Å². The number of aryl methyl sites for hydroxylation is 1. The molecule has 0 fully saturated rings. The molecule has 4 N–H and O–H groups in total. The Bertz CT molecular complexity index is 1680. The van der Waals surface area contributed by atoms with Gasteiger partial charge >= 0.3 is 12.1 Å². The SMILES string of the molecule is COc1cc2nc(Nc3nc4ccc(OCCNC(C)CO)c(OC(=O)C(F)(F)F)c4c(=O)[nH]3)nc(C)c2cc1OC. The number of methoxy groups -OCH3 is 2. The van der Waals surface area contributed by atoms with Crippen LogP contribution in [0, 0.1) is 6.92 Å². The zero-order valence-electron chi connectivity index (χ0n) is 22.9. The van der Waals surface area contributed by atoms with Crippen LogP contribution >= 0.6 is 0 Å². The number of anilines is 2. The zero-order chi connectivity index (χ0) is 30.6. The van der Waals surface area contributed by atoms with Gasteiger partial charge in [0.15, 0.2) is 23.0 Å². The van der Waals surface area contributed by atoms with Crippen LogP contribution in [0.15, 0.2) is 29.1 Å². The van der Waals surface area contributed by atoms with Gasteiger partial charge in [-0.1, -0.05) is 0 Å². The van der Waals surface area contributed by atoms with E-state index in [0.717, 1.165) is 0 Å². The van der Waals surface area contributed by atoms with E-state index in [1.165, 1.54) is 26.4 Å². The van der Waals surface area contributed by atoms with E-state index in [1.807, 2.05) is 0 Å². The number of aliphatic hydroxyl groups excluding tert-OH is 1. The summed E-state index contributed by atoms with van der Waals surface area (Å²) in [5, 5.41) is 15.0. The third-order valence-electron chi connectivity index (χ3n) is 5.97. The Hall–Kier alpha value is -4.70. The lowest BCUT2D eigenvalue weighted by Crippen LogP contribution is -2.33. The van der Waals surface area contributed by atoms with Gasteiger partial charge in [-0.25, -0.2) is 19.7 Å². The summed E-state index contributed by atoms with van der Waals surface area (Å²) in [5.74, 6) is -2.73. The van der Waals surface area contributed by atoms with Crippen LogP contribution in [0.25, 0.3) is 21.8 Å². The van der Waals surface area contributed by atoms with Crippen molar-refractivity contribution in [1.82, 2.24) is 25.3 Å². The molecule has 2 heterocycles. The number of rotatable bonds is 11. The second kappa shape index (κ2) is 12.4. The summed E-state index contributed by atoms with van der Waals surface area (Å²) in [6, 6.07) is 5.65. The Morgan fingerprint density at radius 1 is 1.07 bits per heavy atom. The van der Waals surface area contributed by atoms with Crippen molar-refractivity contribution in [2.45, 2.75) is 26.1 Å². The number of carbonyl (C=O) groups is 1. The van der Waals surface area contributed by atoms with Crippen LogP contribution in [-0.2, 0) is 4.79 Å². The highest BCUT2D eigenvalue weighted by Gasteiger charge is 2.42. The van der Waals surface area contributed by atoms with Gasteiger partial charge in [0.25, 0.3) is 5.56 Å². The van der Waals surface area contributed by atoms with Crippen LogP contribution in [0.4, 0.5) is 25.1 Å². The minimum atomic E-state index is -5.34. The third kappa shape index (κ3) is 6.60. The van der Waals surface area contributed by atoms with Crippen molar-refractivity contribution in [3.8, 4) is 23.0 Å². The highest BCUT2D eigenvalue weighted by molar-refractivity contribution is 5.91. The average molecular weight is 593 g/mol. The molecular formula is C26H27F3N6O7. The van der Waals surface area contributed by atoms with Crippen molar-refractivity contribution in [2.75, 3.05) is 39.3 Å². The molecule has 4 rings (SSSR count). The number of fused-ring (bicyclic) bond motifs is 2. The number of carbonyl (C=O) groups excluding carboxylic acids is 1. The smallest absolute Gasteiger partial charge is 0.491 e. The van der Waals surface area contributed by atoms with E-state index >= 15 is 0 Å². The van der Waals surface area contributed by atoms with Gasteiger partial charge in [0, 0.05) is 24.0 Å². The molecule has 0 spiro atoms. The third-order valence-corrected chi connectivity index (χ3v) is 5.97. The molecule has 1 unspecified atom stereocenters. The van der Waals surface area contributed by atoms with Crippen molar-refractivity contribution >= 4 is 39.7 Å². The maximum atomic E-state index is 13.1. The number of ether oxygens (including phenoxy) is 4. The number of hydrogen-bond acceptors (Lipinski definition) is 12.